The fourth-order valence-electron chi connectivity index (χ4n) is 4.90. The summed E-state index contributed by atoms with van der Waals surface area (Å²) in [5, 5.41) is 17.2. The van der Waals surface area contributed by atoms with Crippen LogP contribution >= 0.6 is 0 Å². The first-order valence-electron chi connectivity index (χ1n) is 11.5. The van der Waals surface area contributed by atoms with Crippen molar-refractivity contribution in [2.75, 3.05) is 23.3 Å². The lowest BCUT2D eigenvalue weighted by atomic mass is 9.95. The predicted octanol–water partition coefficient (Wildman–Crippen LogP) is 4.47. The molecule has 8 nitrogen and oxygen atoms in total. The quantitative estimate of drug-likeness (QED) is 0.508. The number of rotatable bonds is 3. The predicted molar refractivity (Wildman–Crippen MR) is 119 cm³/mol. The van der Waals surface area contributed by atoms with Gasteiger partial charge in [0.05, 0.1) is 18.2 Å². The molecule has 36 heavy (non-hydrogen) atoms. The van der Waals surface area contributed by atoms with Crippen molar-refractivity contribution >= 4 is 23.3 Å². The number of likely N-dealkylation sites (tertiary alicyclic amines) is 1. The first-order chi connectivity index (χ1) is 17.1. The standard InChI is InChI=1S/C23H23F5N6O2/c24-14-3-4-16(25)15(11-14)17-2-1-8-32(17)19-6-5-18-29-12-20(34(18)31-19)30-22(36)33-9-7-13(10-21(33)35)23(26,27)28/h3-6,11-13,17,21,35H,1-2,7-10H2,(H,30,36)/t13?,17?,21-/m1/s1. The van der Waals surface area contributed by atoms with Crippen LogP contribution in [0.2, 0.25) is 0 Å². The van der Waals surface area contributed by atoms with Crippen molar-refractivity contribution in [2.24, 2.45) is 5.92 Å². The van der Waals surface area contributed by atoms with Gasteiger partial charge < -0.3 is 10.0 Å². The van der Waals surface area contributed by atoms with Crippen LogP contribution in [0.1, 0.15) is 37.3 Å². The van der Waals surface area contributed by atoms with Crippen LogP contribution in [-0.2, 0) is 0 Å². The Morgan fingerprint density at radius 2 is 1.92 bits per heavy atom. The number of nitrogens with zero attached hydrogens (tertiary/aromatic N) is 5. The van der Waals surface area contributed by atoms with Gasteiger partial charge in [-0.25, -0.2) is 18.6 Å². The number of urea groups is 1. The van der Waals surface area contributed by atoms with Gasteiger partial charge in [-0.1, -0.05) is 0 Å². The first-order valence-corrected chi connectivity index (χ1v) is 11.5. The maximum absolute atomic E-state index is 14.5. The lowest BCUT2D eigenvalue weighted by Crippen LogP contribution is -2.50. The van der Waals surface area contributed by atoms with Crippen molar-refractivity contribution in [3.8, 4) is 0 Å². The zero-order valence-electron chi connectivity index (χ0n) is 18.9. The van der Waals surface area contributed by atoms with Crippen LogP contribution in [0.4, 0.5) is 38.4 Å². The highest BCUT2D eigenvalue weighted by Crippen LogP contribution is 2.38. The van der Waals surface area contributed by atoms with Gasteiger partial charge >= 0.3 is 12.2 Å². The molecule has 2 fully saturated rings. The van der Waals surface area contributed by atoms with Crippen LogP contribution in [0, 0.1) is 17.6 Å². The monoisotopic (exact) mass is 510 g/mol. The average Bonchev–Trinajstić information content (AvgIpc) is 3.47. The number of hydrogen-bond donors (Lipinski definition) is 2. The topological polar surface area (TPSA) is 86.0 Å². The number of piperidine rings is 1. The van der Waals surface area contributed by atoms with E-state index >= 15 is 0 Å². The number of carbonyl (C=O) groups excluding carboxylic acids is 1. The van der Waals surface area contributed by atoms with Crippen LogP contribution < -0.4 is 10.2 Å². The Kier molecular flexibility index (Phi) is 6.18. The Morgan fingerprint density at radius 3 is 2.67 bits per heavy atom. The number of halogens is 5. The SMILES string of the molecule is O=C(Nc1cnc2ccc(N3CCCC3c3cc(F)ccc3F)nn12)N1CCC(C(F)(F)F)C[C@H]1O. The highest BCUT2D eigenvalue weighted by molar-refractivity contribution is 5.89. The summed E-state index contributed by atoms with van der Waals surface area (Å²) in [6.07, 6.45) is -4.26. The third kappa shape index (κ3) is 4.54. The molecule has 0 radical (unpaired) electrons. The number of anilines is 2. The second-order valence-electron chi connectivity index (χ2n) is 8.99. The van der Waals surface area contributed by atoms with E-state index in [0.29, 0.717) is 24.4 Å². The number of nitrogens with one attached hydrogen (secondary N) is 1. The molecule has 2 aliphatic rings. The van der Waals surface area contributed by atoms with Crippen molar-refractivity contribution in [1.82, 2.24) is 19.5 Å². The molecule has 3 atom stereocenters. The molecule has 2 aromatic heterocycles. The van der Waals surface area contributed by atoms with Crippen molar-refractivity contribution in [3.63, 3.8) is 0 Å². The summed E-state index contributed by atoms with van der Waals surface area (Å²) >= 11 is 0. The number of amides is 2. The largest absolute Gasteiger partial charge is 0.392 e. The molecule has 13 heteroatoms. The molecular weight excluding hydrogens is 487 g/mol. The molecule has 0 saturated carbocycles. The molecule has 0 aliphatic carbocycles. The Labute approximate surface area is 202 Å². The molecule has 2 saturated heterocycles. The lowest BCUT2D eigenvalue weighted by Gasteiger charge is -2.36. The third-order valence-corrected chi connectivity index (χ3v) is 6.74. The molecule has 4 heterocycles. The minimum absolute atomic E-state index is 0.148. The van der Waals surface area contributed by atoms with E-state index < -0.39 is 48.5 Å². The van der Waals surface area contributed by atoms with Crippen molar-refractivity contribution < 1.29 is 31.9 Å². The zero-order valence-corrected chi connectivity index (χ0v) is 18.9. The highest BCUT2D eigenvalue weighted by atomic mass is 19.4. The molecule has 3 aromatic rings. The number of aromatic nitrogens is 3. The van der Waals surface area contributed by atoms with Gasteiger partial charge in [-0.15, -0.1) is 5.10 Å². The second-order valence-corrected chi connectivity index (χ2v) is 8.99. The van der Waals surface area contributed by atoms with Crippen LogP contribution in [0.3, 0.4) is 0 Å². The zero-order chi connectivity index (χ0) is 25.6. The molecule has 2 aliphatic heterocycles. The van der Waals surface area contributed by atoms with Gasteiger partial charge in [-0.2, -0.15) is 17.7 Å². The van der Waals surface area contributed by atoms with Gasteiger partial charge in [0.2, 0.25) is 0 Å². The minimum Gasteiger partial charge on any atom is -0.373 e. The minimum atomic E-state index is -4.44. The number of alkyl halides is 3. The molecule has 192 valence electrons. The van der Waals surface area contributed by atoms with Gasteiger partial charge in [-0.3, -0.25) is 10.2 Å². The van der Waals surface area contributed by atoms with Gasteiger partial charge in [-0.05, 0) is 49.6 Å². The number of imidazole rings is 1. The summed E-state index contributed by atoms with van der Waals surface area (Å²) in [4.78, 5) is 19.7. The second kappa shape index (κ2) is 9.19. The molecule has 2 unspecified atom stereocenters. The maximum atomic E-state index is 14.5. The summed E-state index contributed by atoms with van der Waals surface area (Å²) in [6, 6.07) is 5.45. The number of aliphatic hydroxyl groups is 1. The van der Waals surface area contributed by atoms with E-state index in [-0.39, 0.29) is 24.3 Å². The number of fused-ring (bicyclic) bond motifs is 1. The number of aliphatic hydroxyl groups excluding tert-OH is 1. The number of benzene rings is 1. The van der Waals surface area contributed by atoms with Crippen LogP contribution in [0.25, 0.3) is 5.65 Å². The summed E-state index contributed by atoms with van der Waals surface area (Å²) in [5.41, 5.74) is 0.614. The van der Waals surface area contributed by atoms with E-state index in [2.05, 4.69) is 15.4 Å². The van der Waals surface area contributed by atoms with Crippen LogP contribution in [0.15, 0.2) is 36.5 Å². The Morgan fingerprint density at radius 1 is 1.11 bits per heavy atom. The number of hydrogen-bond acceptors (Lipinski definition) is 5. The Bertz CT molecular complexity index is 1280. The molecule has 2 N–H and O–H groups in total. The van der Waals surface area contributed by atoms with Crippen LogP contribution in [0.5, 0.6) is 0 Å². The fourth-order valence-corrected chi connectivity index (χ4v) is 4.90. The van der Waals surface area contributed by atoms with Gasteiger partial charge in [0, 0.05) is 25.1 Å². The summed E-state index contributed by atoms with van der Waals surface area (Å²) in [7, 11) is 0. The number of carbonyl (C=O) groups is 1. The molecule has 5 rings (SSSR count). The first kappa shape index (κ1) is 24.2. The van der Waals surface area contributed by atoms with E-state index in [4.69, 9.17) is 0 Å². The molecule has 0 bridgehead atoms. The smallest absolute Gasteiger partial charge is 0.373 e. The van der Waals surface area contributed by atoms with Crippen molar-refractivity contribution in [3.05, 3.63) is 53.7 Å². The Hall–Kier alpha value is -3.48. The maximum Gasteiger partial charge on any atom is 0.392 e. The van der Waals surface area contributed by atoms with Gasteiger partial charge in [0.25, 0.3) is 0 Å². The molecule has 2 amide bonds. The van der Waals surface area contributed by atoms with Crippen molar-refractivity contribution in [1.29, 1.82) is 0 Å². The normalized spacial score (nSPS) is 22.9. The van der Waals surface area contributed by atoms with Crippen LogP contribution in [-0.4, -0.2) is 56.1 Å². The van der Waals surface area contributed by atoms with E-state index in [1.54, 1.807) is 12.1 Å². The van der Waals surface area contributed by atoms with Crippen molar-refractivity contribution in [2.45, 2.75) is 44.1 Å². The van der Waals surface area contributed by atoms with Gasteiger partial charge in [0.15, 0.2) is 11.5 Å². The highest BCUT2D eigenvalue weighted by Gasteiger charge is 2.45. The van der Waals surface area contributed by atoms with Gasteiger partial charge in [0.1, 0.15) is 23.7 Å². The van der Waals surface area contributed by atoms with E-state index in [1.807, 2.05) is 4.90 Å². The molecule has 1 aromatic carbocycles. The third-order valence-electron chi connectivity index (χ3n) is 6.74. The average molecular weight is 510 g/mol. The molecular formula is C23H23F5N6O2. The lowest BCUT2D eigenvalue weighted by molar-refractivity contribution is -0.199. The summed E-state index contributed by atoms with van der Waals surface area (Å²) in [5.74, 6) is -2.13. The fraction of sp³-hybridized carbons (Fsp3) is 0.435. The Balaban J connectivity index is 1.36. The van der Waals surface area contributed by atoms with E-state index in [9.17, 15) is 31.9 Å². The molecule has 0 spiro atoms. The van der Waals surface area contributed by atoms with E-state index in [1.165, 1.54) is 16.8 Å². The summed E-state index contributed by atoms with van der Waals surface area (Å²) < 4.78 is 68.5. The summed E-state index contributed by atoms with van der Waals surface area (Å²) in [6.45, 7) is 0.289. The van der Waals surface area contributed by atoms with E-state index in [0.717, 1.165) is 23.5 Å².